The third-order valence-electron chi connectivity index (χ3n) is 4.63. The molecule has 0 spiro atoms. The van der Waals surface area contributed by atoms with E-state index in [1.54, 1.807) is 19.1 Å². The molecule has 1 fully saturated rings. The molecule has 0 radical (unpaired) electrons. The van der Waals surface area contributed by atoms with Crippen molar-refractivity contribution in [1.29, 1.82) is 0 Å². The van der Waals surface area contributed by atoms with E-state index in [-0.39, 0.29) is 17.7 Å². The normalized spacial score (nSPS) is 21.5. The number of likely N-dealkylation sites (tertiary alicyclic amines) is 1. The summed E-state index contributed by atoms with van der Waals surface area (Å²) >= 11 is 0. The summed E-state index contributed by atoms with van der Waals surface area (Å²) in [6.07, 6.45) is 3.26. The topological polar surface area (TPSA) is 49.9 Å². The number of rotatable bonds is 2. The van der Waals surface area contributed by atoms with Gasteiger partial charge in [0.2, 0.25) is 11.8 Å². The van der Waals surface area contributed by atoms with Gasteiger partial charge in [-0.1, -0.05) is 6.07 Å². The van der Waals surface area contributed by atoms with Crippen molar-refractivity contribution < 1.29 is 14.3 Å². The molecule has 0 N–H and O–H groups in total. The molecule has 5 heteroatoms. The lowest BCUT2D eigenvalue weighted by molar-refractivity contribution is -0.127. The van der Waals surface area contributed by atoms with Crippen LogP contribution in [-0.2, 0) is 16.0 Å². The summed E-state index contributed by atoms with van der Waals surface area (Å²) in [5, 5.41) is 0. The Morgan fingerprint density at radius 2 is 2.14 bits per heavy atom. The fraction of sp³-hybridized carbons (Fsp3) is 0.529. The predicted octanol–water partition coefficient (Wildman–Crippen LogP) is 1.84. The van der Waals surface area contributed by atoms with Crippen LogP contribution < -0.4 is 9.64 Å². The molecule has 3 rings (SSSR count). The molecule has 0 unspecified atom stereocenters. The SMILES string of the molecule is COc1cccc2c1CCCCN2C(=O)[C@H]1CC(=O)N(C)C1. The van der Waals surface area contributed by atoms with Crippen LogP contribution in [0.4, 0.5) is 5.69 Å². The zero-order valence-corrected chi connectivity index (χ0v) is 13.2. The largest absolute Gasteiger partial charge is 0.496 e. The minimum Gasteiger partial charge on any atom is -0.496 e. The fourth-order valence-electron chi connectivity index (χ4n) is 3.42. The molecule has 1 aromatic rings. The van der Waals surface area contributed by atoms with E-state index in [2.05, 4.69) is 0 Å². The van der Waals surface area contributed by atoms with Gasteiger partial charge in [0.05, 0.1) is 18.7 Å². The standard InChI is InChI=1S/C17H22N2O3/c1-18-11-12(10-16(18)20)17(21)19-9-4-3-6-13-14(19)7-5-8-15(13)22-2/h5,7-8,12H,3-4,6,9-11H2,1-2H3/t12-/m0/s1. The van der Waals surface area contributed by atoms with Crippen LogP contribution in [0.2, 0.25) is 0 Å². The molecule has 2 aliphatic heterocycles. The molecule has 0 aromatic heterocycles. The molecule has 2 aliphatic rings. The second-order valence-corrected chi connectivity index (χ2v) is 6.08. The Labute approximate surface area is 130 Å². The highest BCUT2D eigenvalue weighted by atomic mass is 16.5. The second-order valence-electron chi connectivity index (χ2n) is 6.08. The van der Waals surface area contributed by atoms with Crippen molar-refractivity contribution in [3.8, 4) is 5.75 Å². The minimum atomic E-state index is -0.227. The van der Waals surface area contributed by atoms with E-state index in [4.69, 9.17) is 4.74 Å². The average Bonchev–Trinajstić information content (AvgIpc) is 2.74. The Kier molecular flexibility index (Phi) is 4.05. The molecule has 1 aromatic carbocycles. The third-order valence-corrected chi connectivity index (χ3v) is 4.63. The summed E-state index contributed by atoms with van der Waals surface area (Å²) < 4.78 is 5.46. The number of carbonyl (C=O) groups is 2. The molecule has 5 nitrogen and oxygen atoms in total. The highest BCUT2D eigenvalue weighted by Gasteiger charge is 2.36. The Bertz CT molecular complexity index is 600. The van der Waals surface area contributed by atoms with Crippen molar-refractivity contribution in [2.45, 2.75) is 25.7 Å². The van der Waals surface area contributed by atoms with Gasteiger partial charge in [0.1, 0.15) is 5.75 Å². The highest BCUT2D eigenvalue weighted by Crippen LogP contribution is 2.35. The van der Waals surface area contributed by atoms with Crippen LogP contribution in [-0.4, -0.2) is 44.0 Å². The first-order valence-corrected chi connectivity index (χ1v) is 7.83. The number of hydrogen-bond donors (Lipinski definition) is 0. The van der Waals surface area contributed by atoms with Crippen LogP contribution in [0.5, 0.6) is 5.75 Å². The van der Waals surface area contributed by atoms with Crippen LogP contribution in [0.15, 0.2) is 18.2 Å². The fourth-order valence-corrected chi connectivity index (χ4v) is 3.42. The number of anilines is 1. The van der Waals surface area contributed by atoms with Gasteiger partial charge in [-0.15, -0.1) is 0 Å². The molecule has 1 atom stereocenters. The average molecular weight is 302 g/mol. The van der Waals surface area contributed by atoms with Gasteiger partial charge in [-0.3, -0.25) is 9.59 Å². The minimum absolute atomic E-state index is 0.0547. The third kappa shape index (κ3) is 2.56. The number of methoxy groups -OCH3 is 1. The van der Waals surface area contributed by atoms with Gasteiger partial charge >= 0.3 is 0 Å². The van der Waals surface area contributed by atoms with E-state index < -0.39 is 0 Å². The highest BCUT2D eigenvalue weighted by molar-refractivity contribution is 5.99. The Morgan fingerprint density at radius 3 is 2.82 bits per heavy atom. The molecule has 22 heavy (non-hydrogen) atoms. The Hall–Kier alpha value is -2.04. The van der Waals surface area contributed by atoms with Gasteiger partial charge in [-0.25, -0.2) is 0 Å². The van der Waals surface area contributed by atoms with Gasteiger partial charge in [0.15, 0.2) is 0 Å². The lowest BCUT2D eigenvalue weighted by Crippen LogP contribution is -2.38. The number of benzene rings is 1. The molecular formula is C17H22N2O3. The summed E-state index contributed by atoms with van der Waals surface area (Å²) in [4.78, 5) is 28.1. The number of carbonyl (C=O) groups excluding carboxylic acids is 2. The zero-order chi connectivity index (χ0) is 15.7. The lowest BCUT2D eigenvalue weighted by Gasteiger charge is -2.26. The summed E-state index contributed by atoms with van der Waals surface area (Å²) in [5.74, 6) is 0.736. The monoisotopic (exact) mass is 302 g/mol. The molecule has 0 aliphatic carbocycles. The first-order chi connectivity index (χ1) is 10.6. The van der Waals surface area contributed by atoms with E-state index >= 15 is 0 Å². The maximum absolute atomic E-state index is 12.9. The first kappa shape index (κ1) is 14.9. The number of nitrogens with zero attached hydrogens (tertiary/aromatic N) is 2. The predicted molar refractivity (Wildman–Crippen MR) is 84.0 cm³/mol. The molecule has 118 valence electrons. The van der Waals surface area contributed by atoms with E-state index in [0.29, 0.717) is 19.5 Å². The van der Waals surface area contributed by atoms with E-state index in [9.17, 15) is 9.59 Å². The van der Waals surface area contributed by atoms with E-state index in [1.807, 2.05) is 23.1 Å². The number of ether oxygens (including phenoxy) is 1. The summed E-state index contributed by atoms with van der Waals surface area (Å²) in [6, 6.07) is 5.86. The van der Waals surface area contributed by atoms with Crippen molar-refractivity contribution in [3.05, 3.63) is 23.8 Å². The molecule has 2 amide bonds. The van der Waals surface area contributed by atoms with E-state index in [0.717, 1.165) is 36.3 Å². The number of fused-ring (bicyclic) bond motifs is 1. The van der Waals surface area contributed by atoms with Crippen molar-refractivity contribution in [2.75, 3.05) is 32.1 Å². The second kappa shape index (κ2) is 5.99. The molecule has 2 heterocycles. The molecule has 0 bridgehead atoms. The van der Waals surface area contributed by atoms with E-state index in [1.165, 1.54) is 0 Å². The Morgan fingerprint density at radius 1 is 1.32 bits per heavy atom. The van der Waals surface area contributed by atoms with Crippen LogP contribution in [0.1, 0.15) is 24.8 Å². The summed E-state index contributed by atoms with van der Waals surface area (Å²) in [6.45, 7) is 1.24. The van der Waals surface area contributed by atoms with Gasteiger partial charge in [0, 0.05) is 32.1 Å². The maximum Gasteiger partial charge on any atom is 0.232 e. The van der Waals surface area contributed by atoms with Gasteiger partial charge in [0.25, 0.3) is 0 Å². The molecular weight excluding hydrogens is 280 g/mol. The van der Waals surface area contributed by atoms with Gasteiger partial charge < -0.3 is 14.5 Å². The number of amides is 2. The van der Waals surface area contributed by atoms with Crippen LogP contribution in [0.3, 0.4) is 0 Å². The maximum atomic E-state index is 12.9. The van der Waals surface area contributed by atoms with Crippen molar-refractivity contribution in [2.24, 2.45) is 5.92 Å². The van der Waals surface area contributed by atoms with Crippen molar-refractivity contribution in [1.82, 2.24) is 4.90 Å². The number of hydrogen-bond acceptors (Lipinski definition) is 3. The van der Waals surface area contributed by atoms with Crippen LogP contribution in [0, 0.1) is 5.92 Å². The Balaban J connectivity index is 1.92. The quantitative estimate of drug-likeness (QED) is 0.837. The zero-order valence-electron chi connectivity index (χ0n) is 13.2. The molecule has 1 saturated heterocycles. The van der Waals surface area contributed by atoms with Crippen LogP contribution >= 0.6 is 0 Å². The van der Waals surface area contributed by atoms with Crippen LogP contribution in [0.25, 0.3) is 0 Å². The van der Waals surface area contributed by atoms with Crippen molar-refractivity contribution in [3.63, 3.8) is 0 Å². The summed E-state index contributed by atoms with van der Waals surface area (Å²) in [7, 11) is 3.42. The van der Waals surface area contributed by atoms with Crippen molar-refractivity contribution >= 4 is 17.5 Å². The lowest BCUT2D eigenvalue weighted by atomic mass is 10.0. The van der Waals surface area contributed by atoms with Gasteiger partial charge in [-0.05, 0) is 31.4 Å². The molecule has 0 saturated carbocycles. The van der Waals surface area contributed by atoms with Gasteiger partial charge in [-0.2, -0.15) is 0 Å². The smallest absolute Gasteiger partial charge is 0.232 e. The summed E-state index contributed by atoms with van der Waals surface area (Å²) in [5.41, 5.74) is 2.05. The first-order valence-electron chi connectivity index (χ1n) is 7.83.